The van der Waals surface area contributed by atoms with Crippen LogP contribution in [0.3, 0.4) is 0 Å². The van der Waals surface area contributed by atoms with Gasteiger partial charge in [0, 0.05) is 13.1 Å². The van der Waals surface area contributed by atoms with Gasteiger partial charge in [-0.05, 0) is 24.6 Å². The molecule has 0 aliphatic carbocycles. The summed E-state index contributed by atoms with van der Waals surface area (Å²) < 4.78 is 31.2. The van der Waals surface area contributed by atoms with Gasteiger partial charge in [-0.1, -0.05) is 12.1 Å². The Kier molecular flexibility index (Phi) is 5.57. The minimum atomic E-state index is -3.43. The fourth-order valence-electron chi connectivity index (χ4n) is 1.30. The Hall–Kier alpha value is -0.950. The molecule has 1 aromatic rings. The number of sulfonamides is 1. The van der Waals surface area contributed by atoms with Crippen molar-refractivity contribution in [3.8, 4) is 0 Å². The van der Waals surface area contributed by atoms with Gasteiger partial charge in [-0.15, -0.1) is 0 Å². The average molecular weight is 258 g/mol. The molecule has 0 unspecified atom stereocenters. The van der Waals surface area contributed by atoms with E-state index in [4.69, 9.17) is 10.5 Å². The van der Waals surface area contributed by atoms with Crippen LogP contribution in [0, 0.1) is 6.92 Å². The number of nitrogens with one attached hydrogen (secondary N) is 1. The number of nitrogens with two attached hydrogens (primary N) is 1. The summed E-state index contributed by atoms with van der Waals surface area (Å²) in [5, 5.41) is 0. The first-order valence-electron chi connectivity index (χ1n) is 5.40. The van der Waals surface area contributed by atoms with Crippen molar-refractivity contribution in [2.45, 2.75) is 11.8 Å². The van der Waals surface area contributed by atoms with Gasteiger partial charge < -0.3 is 10.5 Å². The van der Waals surface area contributed by atoms with Crippen LogP contribution in [0.2, 0.25) is 0 Å². The van der Waals surface area contributed by atoms with E-state index in [1.54, 1.807) is 18.2 Å². The van der Waals surface area contributed by atoms with E-state index in [0.29, 0.717) is 19.8 Å². The average Bonchev–Trinajstić information content (AvgIpc) is 2.29. The van der Waals surface area contributed by atoms with E-state index in [0.717, 1.165) is 5.56 Å². The summed E-state index contributed by atoms with van der Waals surface area (Å²) in [6.45, 7) is 3.29. The third-order valence-corrected chi connectivity index (χ3v) is 3.56. The van der Waals surface area contributed by atoms with Crippen LogP contribution in [-0.2, 0) is 14.8 Å². The molecule has 6 heteroatoms. The standard InChI is InChI=1S/C11H18N2O3S/c1-10-3-2-4-11(9-10)17(14,15)13-6-8-16-7-5-12/h2-4,9,13H,5-8,12H2,1H3. The molecule has 1 aromatic carbocycles. The number of ether oxygens (including phenoxy) is 1. The lowest BCUT2D eigenvalue weighted by molar-refractivity contribution is 0.147. The second-order valence-electron chi connectivity index (χ2n) is 3.62. The topological polar surface area (TPSA) is 81.4 Å². The highest BCUT2D eigenvalue weighted by molar-refractivity contribution is 7.89. The molecule has 0 spiro atoms. The summed E-state index contributed by atoms with van der Waals surface area (Å²) in [5.74, 6) is 0. The maximum absolute atomic E-state index is 11.8. The second-order valence-corrected chi connectivity index (χ2v) is 5.38. The van der Waals surface area contributed by atoms with Gasteiger partial charge in [0.15, 0.2) is 0 Å². The van der Waals surface area contributed by atoms with E-state index in [9.17, 15) is 8.42 Å². The highest BCUT2D eigenvalue weighted by Crippen LogP contribution is 2.10. The lowest BCUT2D eigenvalue weighted by atomic mass is 10.2. The summed E-state index contributed by atoms with van der Waals surface area (Å²) in [5.41, 5.74) is 6.15. The lowest BCUT2D eigenvalue weighted by Crippen LogP contribution is -2.28. The number of aryl methyl sites for hydroxylation is 1. The molecular weight excluding hydrogens is 240 g/mol. The van der Waals surface area contributed by atoms with Crippen molar-refractivity contribution in [3.05, 3.63) is 29.8 Å². The quantitative estimate of drug-likeness (QED) is 0.687. The molecule has 3 N–H and O–H groups in total. The normalized spacial score (nSPS) is 11.6. The first kappa shape index (κ1) is 14.1. The zero-order chi connectivity index (χ0) is 12.7. The Balaban J connectivity index is 2.51. The van der Waals surface area contributed by atoms with Crippen LogP contribution in [0.15, 0.2) is 29.2 Å². The predicted molar refractivity (Wildman–Crippen MR) is 66.2 cm³/mol. The first-order chi connectivity index (χ1) is 8.06. The zero-order valence-electron chi connectivity index (χ0n) is 9.85. The van der Waals surface area contributed by atoms with Crippen LogP contribution >= 0.6 is 0 Å². The molecule has 96 valence electrons. The van der Waals surface area contributed by atoms with Gasteiger partial charge in [0.05, 0.1) is 18.1 Å². The predicted octanol–water partition coefficient (Wildman–Crippen LogP) is 0.249. The molecule has 0 saturated heterocycles. The lowest BCUT2D eigenvalue weighted by Gasteiger charge is -2.07. The molecule has 0 fully saturated rings. The Morgan fingerprint density at radius 1 is 1.35 bits per heavy atom. The number of rotatable bonds is 7. The molecule has 0 atom stereocenters. The van der Waals surface area contributed by atoms with Crippen LogP contribution in [0.4, 0.5) is 0 Å². The Morgan fingerprint density at radius 3 is 2.76 bits per heavy atom. The van der Waals surface area contributed by atoms with Crippen LogP contribution in [0.1, 0.15) is 5.56 Å². The van der Waals surface area contributed by atoms with Crippen molar-refractivity contribution in [2.24, 2.45) is 5.73 Å². The molecule has 0 aliphatic rings. The van der Waals surface area contributed by atoms with E-state index >= 15 is 0 Å². The van der Waals surface area contributed by atoms with Gasteiger partial charge >= 0.3 is 0 Å². The maximum atomic E-state index is 11.8. The van der Waals surface area contributed by atoms with Gasteiger partial charge in [-0.25, -0.2) is 13.1 Å². The number of benzene rings is 1. The van der Waals surface area contributed by atoms with E-state index < -0.39 is 10.0 Å². The van der Waals surface area contributed by atoms with Gasteiger partial charge in [-0.3, -0.25) is 0 Å². The molecule has 0 amide bonds. The maximum Gasteiger partial charge on any atom is 0.240 e. The molecule has 0 radical (unpaired) electrons. The zero-order valence-corrected chi connectivity index (χ0v) is 10.7. The molecule has 17 heavy (non-hydrogen) atoms. The monoisotopic (exact) mass is 258 g/mol. The third-order valence-electron chi connectivity index (χ3n) is 2.10. The van der Waals surface area contributed by atoms with E-state index in [-0.39, 0.29) is 11.4 Å². The molecule has 1 rings (SSSR count). The molecule has 0 aliphatic heterocycles. The summed E-state index contributed by atoms with van der Waals surface area (Å²) in [6, 6.07) is 6.76. The fourth-order valence-corrected chi connectivity index (χ4v) is 2.42. The number of hydrogen-bond donors (Lipinski definition) is 2. The SMILES string of the molecule is Cc1cccc(S(=O)(=O)NCCOCCN)c1. The second kappa shape index (κ2) is 6.70. The minimum Gasteiger partial charge on any atom is -0.379 e. The Morgan fingerprint density at radius 2 is 2.12 bits per heavy atom. The highest BCUT2D eigenvalue weighted by Gasteiger charge is 2.12. The largest absolute Gasteiger partial charge is 0.379 e. The van der Waals surface area contributed by atoms with Crippen LogP contribution in [0.5, 0.6) is 0 Å². The minimum absolute atomic E-state index is 0.246. The van der Waals surface area contributed by atoms with Gasteiger partial charge in [0.1, 0.15) is 0 Å². The summed E-state index contributed by atoms with van der Waals surface area (Å²) in [6.07, 6.45) is 0. The van der Waals surface area contributed by atoms with E-state index in [1.807, 2.05) is 13.0 Å². The Bertz CT molecular complexity index is 446. The molecule has 5 nitrogen and oxygen atoms in total. The van der Waals surface area contributed by atoms with E-state index in [1.165, 1.54) is 0 Å². The molecule has 0 saturated carbocycles. The van der Waals surface area contributed by atoms with Crippen molar-refractivity contribution in [1.29, 1.82) is 0 Å². The van der Waals surface area contributed by atoms with Crippen LogP contribution < -0.4 is 10.5 Å². The van der Waals surface area contributed by atoms with E-state index in [2.05, 4.69) is 4.72 Å². The smallest absolute Gasteiger partial charge is 0.240 e. The molecule has 0 heterocycles. The van der Waals surface area contributed by atoms with Crippen molar-refractivity contribution in [2.75, 3.05) is 26.3 Å². The molecule has 0 bridgehead atoms. The number of hydrogen-bond acceptors (Lipinski definition) is 4. The van der Waals surface area contributed by atoms with Gasteiger partial charge in [0.2, 0.25) is 10.0 Å². The molecular formula is C11H18N2O3S. The summed E-state index contributed by atoms with van der Waals surface area (Å²) in [4.78, 5) is 0.274. The van der Waals surface area contributed by atoms with Gasteiger partial charge in [-0.2, -0.15) is 0 Å². The highest BCUT2D eigenvalue weighted by atomic mass is 32.2. The van der Waals surface area contributed by atoms with Crippen LogP contribution in [-0.4, -0.2) is 34.7 Å². The molecule has 0 aromatic heterocycles. The Labute approximate surface area is 102 Å². The summed E-state index contributed by atoms with van der Waals surface area (Å²) in [7, 11) is -3.43. The van der Waals surface area contributed by atoms with Crippen molar-refractivity contribution < 1.29 is 13.2 Å². The first-order valence-corrected chi connectivity index (χ1v) is 6.89. The van der Waals surface area contributed by atoms with Crippen LogP contribution in [0.25, 0.3) is 0 Å². The third kappa shape index (κ3) is 4.82. The summed E-state index contributed by atoms with van der Waals surface area (Å²) >= 11 is 0. The fraction of sp³-hybridized carbons (Fsp3) is 0.455. The van der Waals surface area contributed by atoms with Crippen molar-refractivity contribution in [3.63, 3.8) is 0 Å². The van der Waals surface area contributed by atoms with Crippen molar-refractivity contribution >= 4 is 10.0 Å². The van der Waals surface area contributed by atoms with Gasteiger partial charge in [0.25, 0.3) is 0 Å². The van der Waals surface area contributed by atoms with Crippen molar-refractivity contribution in [1.82, 2.24) is 4.72 Å².